The second-order valence-electron chi connectivity index (χ2n) is 6.35. The molecule has 1 aromatic carbocycles. The number of furan rings is 1. The average molecular weight is 377 g/mol. The van der Waals surface area contributed by atoms with Crippen molar-refractivity contribution in [1.29, 1.82) is 0 Å². The molecule has 3 rings (SSSR count). The number of quaternary nitrogens is 1. The van der Waals surface area contributed by atoms with Gasteiger partial charge in [0.2, 0.25) is 0 Å². The summed E-state index contributed by atoms with van der Waals surface area (Å²) < 4.78 is 11.0. The van der Waals surface area contributed by atoms with Crippen LogP contribution < -0.4 is 21.1 Å². The molecule has 0 atom stereocenters. The topological polar surface area (TPSA) is 80.0 Å². The number of carbonyl (C=O) groups excluding carboxylic acids is 1. The summed E-state index contributed by atoms with van der Waals surface area (Å²) in [7, 11) is 0. The van der Waals surface area contributed by atoms with Crippen LogP contribution in [0.5, 0.6) is 0 Å². The average Bonchev–Trinajstić information content (AvgIpc) is 3.01. The maximum absolute atomic E-state index is 12.3. The van der Waals surface area contributed by atoms with Crippen LogP contribution in [-0.2, 0) is 4.74 Å². The number of nitrogens with one attached hydrogen (secondary N) is 4. The van der Waals surface area contributed by atoms with Gasteiger partial charge in [-0.1, -0.05) is 18.2 Å². The van der Waals surface area contributed by atoms with Gasteiger partial charge in [-0.3, -0.25) is 15.6 Å². The van der Waals surface area contributed by atoms with Crippen LogP contribution in [0.25, 0.3) is 11.0 Å². The zero-order chi connectivity index (χ0) is 18.4. The molecule has 1 aromatic heterocycles. The molecule has 7 nitrogen and oxygen atoms in total. The number of amides is 1. The van der Waals surface area contributed by atoms with Crippen LogP contribution in [0.4, 0.5) is 0 Å². The summed E-state index contributed by atoms with van der Waals surface area (Å²) in [5.74, 6) is -0.0574. The third kappa shape index (κ3) is 4.72. The highest BCUT2D eigenvalue weighted by molar-refractivity contribution is 7.80. The van der Waals surface area contributed by atoms with Gasteiger partial charge < -0.3 is 19.4 Å². The third-order valence-electron chi connectivity index (χ3n) is 4.53. The van der Waals surface area contributed by atoms with E-state index in [0.717, 1.165) is 56.8 Å². The van der Waals surface area contributed by atoms with Gasteiger partial charge in [0.05, 0.1) is 19.8 Å². The Morgan fingerprint density at radius 1 is 1.23 bits per heavy atom. The maximum Gasteiger partial charge on any atom is 0.305 e. The number of carbonyl (C=O) groups is 1. The van der Waals surface area contributed by atoms with Gasteiger partial charge in [-0.05, 0) is 25.2 Å². The van der Waals surface area contributed by atoms with Crippen molar-refractivity contribution < 1.29 is 18.8 Å². The van der Waals surface area contributed by atoms with Gasteiger partial charge in [0.1, 0.15) is 18.7 Å². The number of para-hydroxylation sites is 1. The van der Waals surface area contributed by atoms with Crippen molar-refractivity contribution in [2.24, 2.45) is 0 Å². The van der Waals surface area contributed by atoms with Gasteiger partial charge in [0, 0.05) is 23.9 Å². The Morgan fingerprint density at radius 2 is 2.00 bits per heavy atom. The molecule has 0 saturated carbocycles. The van der Waals surface area contributed by atoms with Gasteiger partial charge in [-0.2, -0.15) is 0 Å². The molecule has 1 amide bonds. The summed E-state index contributed by atoms with van der Waals surface area (Å²) in [6, 6.07) is 7.57. The van der Waals surface area contributed by atoms with Crippen LogP contribution in [-0.4, -0.2) is 50.4 Å². The zero-order valence-corrected chi connectivity index (χ0v) is 15.7. The predicted octanol–water partition coefficient (Wildman–Crippen LogP) is 0.155. The molecule has 1 saturated heterocycles. The largest absolute Gasteiger partial charge is 0.451 e. The Labute approximate surface area is 158 Å². The highest BCUT2D eigenvalue weighted by Crippen LogP contribution is 2.24. The molecule has 1 aliphatic rings. The minimum Gasteiger partial charge on any atom is -0.451 e. The van der Waals surface area contributed by atoms with Crippen molar-refractivity contribution in [3.63, 3.8) is 0 Å². The Hall–Kier alpha value is -2.16. The van der Waals surface area contributed by atoms with Crippen molar-refractivity contribution in [3.05, 3.63) is 35.6 Å². The molecule has 1 aliphatic heterocycles. The van der Waals surface area contributed by atoms with Crippen LogP contribution in [0.2, 0.25) is 0 Å². The molecule has 0 bridgehead atoms. The number of hydrazine groups is 1. The Bertz CT molecular complexity index is 771. The van der Waals surface area contributed by atoms with E-state index in [1.807, 2.05) is 31.2 Å². The maximum atomic E-state index is 12.3. The van der Waals surface area contributed by atoms with Crippen molar-refractivity contribution in [2.75, 3.05) is 39.4 Å². The molecule has 0 aliphatic carbocycles. The lowest BCUT2D eigenvalue weighted by atomic mass is 10.1. The molecule has 4 N–H and O–H groups in total. The lowest BCUT2D eigenvalue weighted by Crippen LogP contribution is -3.14. The zero-order valence-electron chi connectivity index (χ0n) is 14.9. The van der Waals surface area contributed by atoms with E-state index in [1.165, 1.54) is 0 Å². The first-order valence-electron chi connectivity index (χ1n) is 8.89. The minimum atomic E-state index is -0.347. The van der Waals surface area contributed by atoms with Crippen LogP contribution in [0, 0.1) is 6.92 Å². The van der Waals surface area contributed by atoms with E-state index in [-0.39, 0.29) is 11.7 Å². The number of aryl methyl sites for hydroxylation is 1. The van der Waals surface area contributed by atoms with Gasteiger partial charge in [-0.25, -0.2) is 0 Å². The van der Waals surface area contributed by atoms with E-state index in [0.29, 0.717) is 10.7 Å². The second kappa shape index (κ2) is 8.98. The number of rotatable bonds is 5. The van der Waals surface area contributed by atoms with Crippen LogP contribution >= 0.6 is 12.2 Å². The smallest absolute Gasteiger partial charge is 0.305 e. The van der Waals surface area contributed by atoms with Crippen LogP contribution in [0.1, 0.15) is 22.5 Å². The third-order valence-corrected chi connectivity index (χ3v) is 4.78. The van der Waals surface area contributed by atoms with Crippen molar-refractivity contribution >= 4 is 34.2 Å². The lowest BCUT2D eigenvalue weighted by molar-refractivity contribution is -0.908. The molecule has 26 heavy (non-hydrogen) atoms. The number of thiocarbonyl (C=S) groups is 1. The Balaban J connectivity index is 1.39. The molecule has 0 radical (unpaired) electrons. The first-order chi connectivity index (χ1) is 12.6. The summed E-state index contributed by atoms with van der Waals surface area (Å²) in [5, 5.41) is 4.43. The van der Waals surface area contributed by atoms with E-state index in [2.05, 4.69) is 16.2 Å². The van der Waals surface area contributed by atoms with E-state index in [9.17, 15) is 4.79 Å². The van der Waals surface area contributed by atoms with E-state index < -0.39 is 0 Å². The SMILES string of the molecule is Cc1c(C(=O)NNC(=S)NCCC[NH+]2CCOCC2)oc2ccccc12. The summed E-state index contributed by atoms with van der Waals surface area (Å²) in [6.45, 7) is 7.53. The van der Waals surface area contributed by atoms with Gasteiger partial charge >= 0.3 is 5.91 Å². The first kappa shape index (κ1) is 18.6. The number of ether oxygens (including phenoxy) is 1. The Morgan fingerprint density at radius 3 is 2.77 bits per heavy atom. The van der Waals surface area contributed by atoms with Crippen molar-refractivity contribution in [2.45, 2.75) is 13.3 Å². The summed E-state index contributed by atoms with van der Waals surface area (Å²) in [4.78, 5) is 13.9. The molecule has 2 aromatic rings. The number of benzene rings is 1. The molecule has 0 spiro atoms. The summed E-state index contributed by atoms with van der Waals surface area (Å²) in [6.07, 6.45) is 1.01. The molecule has 2 heterocycles. The number of fused-ring (bicyclic) bond motifs is 1. The van der Waals surface area contributed by atoms with E-state index >= 15 is 0 Å². The quantitative estimate of drug-likeness (QED) is 0.338. The number of hydrogen-bond donors (Lipinski definition) is 4. The van der Waals surface area contributed by atoms with Crippen LogP contribution in [0.3, 0.4) is 0 Å². The first-order valence-corrected chi connectivity index (χ1v) is 9.29. The number of hydrogen-bond acceptors (Lipinski definition) is 4. The fourth-order valence-electron chi connectivity index (χ4n) is 3.06. The fourth-order valence-corrected chi connectivity index (χ4v) is 3.21. The predicted molar refractivity (Wildman–Crippen MR) is 103 cm³/mol. The summed E-state index contributed by atoms with van der Waals surface area (Å²) >= 11 is 5.20. The number of morpholine rings is 1. The van der Waals surface area contributed by atoms with Crippen LogP contribution in [0.15, 0.2) is 28.7 Å². The molecule has 8 heteroatoms. The molecule has 0 unspecified atom stereocenters. The van der Waals surface area contributed by atoms with E-state index in [4.69, 9.17) is 21.4 Å². The molecule has 1 fully saturated rings. The lowest BCUT2D eigenvalue weighted by Gasteiger charge is -2.23. The fraction of sp³-hybridized carbons (Fsp3) is 0.444. The van der Waals surface area contributed by atoms with Gasteiger partial charge in [0.15, 0.2) is 10.9 Å². The summed E-state index contributed by atoms with van der Waals surface area (Å²) in [5.41, 5.74) is 6.82. The van der Waals surface area contributed by atoms with E-state index in [1.54, 1.807) is 4.90 Å². The minimum absolute atomic E-state index is 0.289. The molecular formula is C18H25N4O3S+. The standard InChI is InChI=1S/C18H24N4O3S/c1-13-14-5-2-3-6-15(14)25-16(13)17(23)20-21-18(26)19-7-4-8-22-9-11-24-12-10-22/h2-3,5-6H,4,7-12H2,1H3,(H,20,23)(H2,19,21,26)/p+1. The van der Waals surface area contributed by atoms with Gasteiger partial charge in [-0.15, -0.1) is 0 Å². The Kier molecular flexibility index (Phi) is 6.43. The van der Waals surface area contributed by atoms with Crippen molar-refractivity contribution in [3.8, 4) is 0 Å². The van der Waals surface area contributed by atoms with Gasteiger partial charge in [0.25, 0.3) is 0 Å². The second-order valence-corrected chi connectivity index (χ2v) is 6.76. The molecular weight excluding hydrogens is 352 g/mol. The highest BCUT2D eigenvalue weighted by atomic mass is 32.1. The monoisotopic (exact) mass is 377 g/mol. The highest BCUT2D eigenvalue weighted by Gasteiger charge is 2.17. The molecule has 140 valence electrons. The normalized spacial score (nSPS) is 15.0. The van der Waals surface area contributed by atoms with Crippen molar-refractivity contribution in [1.82, 2.24) is 16.2 Å².